The molecular formula is C16H23N. The molecule has 1 unspecified atom stereocenters. The Labute approximate surface area is 105 Å². The van der Waals surface area contributed by atoms with Gasteiger partial charge in [0.2, 0.25) is 0 Å². The van der Waals surface area contributed by atoms with Gasteiger partial charge in [-0.25, -0.2) is 0 Å². The van der Waals surface area contributed by atoms with Crippen molar-refractivity contribution in [1.82, 2.24) is 0 Å². The molecule has 0 radical (unpaired) electrons. The van der Waals surface area contributed by atoms with Crippen molar-refractivity contribution in [2.24, 2.45) is 5.73 Å². The van der Waals surface area contributed by atoms with Gasteiger partial charge in [0.15, 0.2) is 0 Å². The average molecular weight is 229 g/mol. The van der Waals surface area contributed by atoms with Crippen molar-refractivity contribution in [3.05, 3.63) is 58.7 Å². The summed E-state index contributed by atoms with van der Waals surface area (Å²) in [6, 6.07) is 0. The van der Waals surface area contributed by atoms with Crippen molar-refractivity contribution < 1.29 is 0 Å². The highest BCUT2D eigenvalue weighted by atomic mass is 14.7. The maximum absolute atomic E-state index is 6.43. The van der Waals surface area contributed by atoms with Gasteiger partial charge in [-0.1, -0.05) is 42.0 Å². The lowest BCUT2D eigenvalue weighted by atomic mass is 9.86. The van der Waals surface area contributed by atoms with Gasteiger partial charge < -0.3 is 5.73 Å². The molecule has 0 aromatic heterocycles. The minimum Gasteiger partial charge on any atom is -0.318 e. The molecule has 0 spiro atoms. The molecule has 2 N–H and O–H groups in total. The van der Waals surface area contributed by atoms with Crippen molar-refractivity contribution in [1.29, 1.82) is 0 Å². The molecule has 0 aromatic rings. The molecule has 0 bridgehead atoms. The summed E-state index contributed by atoms with van der Waals surface area (Å²) in [5.41, 5.74) is 11.9. The molecule has 0 heterocycles. The number of hydrogen-bond donors (Lipinski definition) is 1. The van der Waals surface area contributed by atoms with Crippen LogP contribution in [-0.2, 0) is 0 Å². The number of nitrogens with two attached hydrogens (primary N) is 1. The smallest absolute Gasteiger partial charge is 0.0578 e. The third kappa shape index (κ3) is 3.07. The Bertz CT molecular complexity index is 450. The molecule has 0 aromatic carbocycles. The van der Waals surface area contributed by atoms with Crippen LogP contribution in [0.3, 0.4) is 0 Å². The second-order valence-corrected chi connectivity index (χ2v) is 5.25. The van der Waals surface area contributed by atoms with Gasteiger partial charge in [0.1, 0.15) is 0 Å². The van der Waals surface area contributed by atoms with Gasteiger partial charge in [-0.3, -0.25) is 0 Å². The van der Waals surface area contributed by atoms with E-state index in [2.05, 4.69) is 52.5 Å². The Morgan fingerprint density at radius 1 is 1.35 bits per heavy atom. The van der Waals surface area contributed by atoms with Crippen LogP contribution in [0.15, 0.2) is 58.7 Å². The normalized spacial score (nSPS) is 24.8. The second-order valence-electron chi connectivity index (χ2n) is 5.25. The summed E-state index contributed by atoms with van der Waals surface area (Å²) in [5.74, 6) is 0. The molecule has 1 heteroatoms. The first-order chi connectivity index (χ1) is 7.77. The zero-order valence-corrected chi connectivity index (χ0v) is 11.6. The van der Waals surface area contributed by atoms with Gasteiger partial charge in [0.05, 0.1) is 5.54 Å². The fraction of sp³-hybridized carbons (Fsp3) is 0.375. The van der Waals surface area contributed by atoms with E-state index in [9.17, 15) is 0 Å². The van der Waals surface area contributed by atoms with E-state index >= 15 is 0 Å². The van der Waals surface area contributed by atoms with Crippen molar-refractivity contribution in [3.63, 3.8) is 0 Å². The van der Waals surface area contributed by atoms with Gasteiger partial charge >= 0.3 is 0 Å². The Hall–Kier alpha value is -1.34. The Morgan fingerprint density at radius 3 is 2.41 bits per heavy atom. The van der Waals surface area contributed by atoms with Crippen LogP contribution in [0, 0.1) is 0 Å². The molecule has 1 aliphatic rings. The highest BCUT2D eigenvalue weighted by Crippen LogP contribution is 2.31. The van der Waals surface area contributed by atoms with Gasteiger partial charge in [0, 0.05) is 0 Å². The van der Waals surface area contributed by atoms with Crippen molar-refractivity contribution in [2.75, 3.05) is 0 Å². The lowest BCUT2D eigenvalue weighted by Gasteiger charge is -2.25. The number of hydrogen-bond acceptors (Lipinski definition) is 1. The predicted octanol–water partition coefficient (Wildman–Crippen LogP) is 4.06. The number of allylic oxidation sites excluding steroid dienone is 6. The van der Waals surface area contributed by atoms with Crippen LogP contribution in [0.5, 0.6) is 0 Å². The molecule has 0 aliphatic heterocycles. The molecule has 0 saturated heterocycles. The van der Waals surface area contributed by atoms with Crippen molar-refractivity contribution >= 4 is 0 Å². The van der Waals surface area contributed by atoms with E-state index in [1.807, 2.05) is 13.0 Å². The van der Waals surface area contributed by atoms with Crippen LogP contribution < -0.4 is 5.73 Å². The maximum atomic E-state index is 6.43. The molecule has 17 heavy (non-hydrogen) atoms. The van der Waals surface area contributed by atoms with Gasteiger partial charge in [0.25, 0.3) is 0 Å². The third-order valence-electron chi connectivity index (χ3n) is 2.90. The molecule has 92 valence electrons. The van der Waals surface area contributed by atoms with Crippen LogP contribution in [-0.4, -0.2) is 5.54 Å². The molecular weight excluding hydrogens is 206 g/mol. The first-order valence-corrected chi connectivity index (χ1v) is 5.97. The van der Waals surface area contributed by atoms with Crippen LogP contribution >= 0.6 is 0 Å². The first kappa shape index (κ1) is 13.7. The summed E-state index contributed by atoms with van der Waals surface area (Å²) >= 11 is 0. The quantitative estimate of drug-likeness (QED) is 0.759. The maximum Gasteiger partial charge on any atom is 0.0578 e. The standard InChI is InChI=1S/C16H23N/c1-7-14-13(5)9-12(4)10-16(6,17)15(14)8-11(2)3/h7-10H,1,17H2,2-6H3. The van der Waals surface area contributed by atoms with E-state index < -0.39 is 5.54 Å². The molecule has 0 saturated carbocycles. The molecule has 0 amide bonds. The van der Waals surface area contributed by atoms with E-state index in [4.69, 9.17) is 5.73 Å². The highest BCUT2D eigenvalue weighted by molar-refractivity contribution is 5.56. The molecule has 1 nitrogen and oxygen atoms in total. The SMILES string of the molecule is C=CC1=C(C=C(C)C)C(C)(N)C=C(C)C=C1C. The average Bonchev–Trinajstić information content (AvgIpc) is 2.21. The molecule has 1 aliphatic carbocycles. The largest absolute Gasteiger partial charge is 0.318 e. The van der Waals surface area contributed by atoms with Crippen LogP contribution in [0.2, 0.25) is 0 Å². The highest BCUT2D eigenvalue weighted by Gasteiger charge is 2.24. The topological polar surface area (TPSA) is 26.0 Å². The van der Waals surface area contributed by atoms with Crippen LogP contribution in [0.4, 0.5) is 0 Å². The molecule has 1 atom stereocenters. The lowest BCUT2D eigenvalue weighted by Crippen LogP contribution is -2.36. The number of rotatable bonds is 2. The van der Waals surface area contributed by atoms with Crippen molar-refractivity contribution in [2.45, 2.75) is 40.2 Å². The predicted molar refractivity (Wildman–Crippen MR) is 76.8 cm³/mol. The van der Waals surface area contributed by atoms with Gasteiger partial charge in [-0.15, -0.1) is 0 Å². The fourth-order valence-corrected chi connectivity index (χ4v) is 2.31. The Balaban J connectivity index is 3.57. The van der Waals surface area contributed by atoms with E-state index in [1.54, 1.807) is 0 Å². The lowest BCUT2D eigenvalue weighted by molar-refractivity contribution is 0.695. The summed E-state index contributed by atoms with van der Waals surface area (Å²) in [6.45, 7) is 14.3. The summed E-state index contributed by atoms with van der Waals surface area (Å²) in [4.78, 5) is 0. The van der Waals surface area contributed by atoms with E-state index in [0.29, 0.717) is 0 Å². The van der Waals surface area contributed by atoms with E-state index in [-0.39, 0.29) is 0 Å². The zero-order chi connectivity index (χ0) is 13.2. The first-order valence-electron chi connectivity index (χ1n) is 5.97. The van der Waals surface area contributed by atoms with E-state index in [0.717, 1.165) is 11.1 Å². The van der Waals surface area contributed by atoms with Crippen LogP contribution in [0.1, 0.15) is 34.6 Å². The van der Waals surface area contributed by atoms with Gasteiger partial charge in [-0.05, 0) is 51.3 Å². The van der Waals surface area contributed by atoms with Crippen LogP contribution in [0.25, 0.3) is 0 Å². The molecule has 0 fully saturated rings. The summed E-state index contributed by atoms with van der Waals surface area (Å²) in [5, 5.41) is 0. The summed E-state index contributed by atoms with van der Waals surface area (Å²) in [6.07, 6.45) is 8.33. The summed E-state index contributed by atoms with van der Waals surface area (Å²) < 4.78 is 0. The molecule has 1 rings (SSSR count). The van der Waals surface area contributed by atoms with Gasteiger partial charge in [-0.2, -0.15) is 0 Å². The summed E-state index contributed by atoms with van der Waals surface area (Å²) in [7, 11) is 0. The Morgan fingerprint density at radius 2 is 1.94 bits per heavy atom. The minimum atomic E-state index is -0.445. The minimum absolute atomic E-state index is 0.445. The Kier molecular flexibility index (Phi) is 3.94. The van der Waals surface area contributed by atoms with Crippen molar-refractivity contribution in [3.8, 4) is 0 Å². The monoisotopic (exact) mass is 229 g/mol. The zero-order valence-electron chi connectivity index (χ0n) is 11.6. The fourth-order valence-electron chi connectivity index (χ4n) is 2.31. The third-order valence-corrected chi connectivity index (χ3v) is 2.90. The van der Waals surface area contributed by atoms with E-state index in [1.165, 1.54) is 16.7 Å². The second kappa shape index (κ2) is 4.89.